The Morgan fingerprint density at radius 2 is 1.91 bits per heavy atom. The number of anilines is 1. The molecule has 1 aromatic rings. The van der Waals surface area contributed by atoms with Crippen molar-refractivity contribution in [3.8, 4) is 0 Å². The van der Waals surface area contributed by atoms with Crippen LogP contribution in [0.1, 0.15) is 38.3 Å². The van der Waals surface area contributed by atoms with Gasteiger partial charge in [0.2, 0.25) is 11.8 Å². The van der Waals surface area contributed by atoms with E-state index in [9.17, 15) is 14.4 Å². The van der Waals surface area contributed by atoms with Gasteiger partial charge in [0, 0.05) is 25.2 Å². The molecule has 0 atom stereocenters. The van der Waals surface area contributed by atoms with Crippen LogP contribution >= 0.6 is 0 Å². The number of hydrogen-bond donors (Lipinski definition) is 1. The van der Waals surface area contributed by atoms with E-state index < -0.39 is 0 Å². The van der Waals surface area contributed by atoms with E-state index in [1.54, 1.807) is 24.0 Å². The number of nitrogens with zero attached hydrogens (tertiary/aromatic N) is 2. The molecule has 22 heavy (non-hydrogen) atoms. The molecule has 2 heterocycles. The molecule has 1 aliphatic heterocycles. The molecule has 1 fully saturated rings. The number of likely N-dealkylation sites (tertiary alicyclic amines) is 1. The van der Waals surface area contributed by atoms with Crippen molar-refractivity contribution in [1.82, 2.24) is 9.47 Å². The minimum Gasteiger partial charge on any atom is -0.341 e. The van der Waals surface area contributed by atoms with Crippen LogP contribution in [0.4, 0.5) is 5.69 Å². The largest absolute Gasteiger partial charge is 0.341 e. The zero-order valence-corrected chi connectivity index (χ0v) is 13.2. The fourth-order valence-corrected chi connectivity index (χ4v) is 2.60. The Kier molecular flexibility index (Phi) is 5.35. The van der Waals surface area contributed by atoms with E-state index in [2.05, 4.69) is 5.32 Å². The molecule has 1 saturated heterocycles. The lowest BCUT2D eigenvalue weighted by Crippen LogP contribution is -2.36. The van der Waals surface area contributed by atoms with Crippen molar-refractivity contribution in [2.75, 3.05) is 18.4 Å². The van der Waals surface area contributed by atoms with Crippen LogP contribution in [-0.2, 0) is 16.1 Å². The number of carbonyl (C=O) groups excluding carboxylic acids is 2. The van der Waals surface area contributed by atoms with Gasteiger partial charge in [0.05, 0.1) is 0 Å². The van der Waals surface area contributed by atoms with Crippen LogP contribution in [0.15, 0.2) is 16.9 Å². The van der Waals surface area contributed by atoms with Crippen molar-refractivity contribution in [3.63, 3.8) is 0 Å². The zero-order valence-electron chi connectivity index (χ0n) is 13.2. The molecule has 1 aliphatic rings. The molecule has 2 amide bonds. The van der Waals surface area contributed by atoms with Crippen molar-refractivity contribution in [2.24, 2.45) is 0 Å². The lowest BCUT2D eigenvalue weighted by molar-refractivity contribution is -0.130. The Morgan fingerprint density at radius 1 is 1.23 bits per heavy atom. The molecule has 0 aromatic carbocycles. The normalized spacial score (nSPS) is 14.2. The quantitative estimate of drug-likeness (QED) is 0.896. The van der Waals surface area contributed by atoms with E-state index in [0.29, 0.717) is 12.1 Å². The van der Waals surface area contributed by atoms with E-state index in [-0.39, 0.29) is 29.6 Å². The number of carbonyl (C=O) groups is 2. The predicted molar refractivity (Wildman–Crippen MR) is 84.8 cm³/mol. The SMILES string of the molecule is CCCC(=O)Nc1ccc(C)n(CC(=O)N2CCCC2)c1=O. The number of amides is 2. The van der Waals surface area contributed by atoms with Crippen molar-refractivity contribution in [1.29, 1.82) is 0 Å². The van der Waals surface area contributed by atoms with Crippen molar-refractivity contribution < 1.29 is 9.59 Å². The summed E-state index contributed by atoms with van der Waals surface area (Å²) in [5.41, 5.74) is 0.626. The molecule has 2 rings (SSSR count). The first-order chi connectivity index (χ1) is 10.5. The molecule has 1 aromatic heterocycles. The second kappa shape index (κ2) is 7.24. The van der Waals surface area contributed by atoms with Gasteiger partial charge in [0.15, 0.2) is 0 Å². The van der Waals surface area contributed by atoms with Gasteiger partial charge < -0.3 is 14.8 Å². The molecular weight excluding hydrogens is 282 g/mol. The van der Waals surface area contributed by atoms with Crippen LogP contribution in [-0.4, -0.2) is 34.4 Å². The monoisotopic (exact) mass is 305 g/mol. The fourth-order valence-electron chi connectivity index (χ4n) is 2.60. The van der Waals surface area contributed by atoms with E-state index in [4.69, 9.17) is 0 Å². The second-order valence-electron chi connectivity index (χ2n) is 5.67. The van der Waals surface area contributed by atoms with Gasteiger partial charge in [0.25, 0.3) is 5.56 Å². The summed E-state index contributed by atoms with van der Waals surface area (Å²) < 4.78 is 1.43. The highest BCUT2D eigenvalue weighted by Gasteiger charge is 2.19. The number of hydrogen-bond acceptors (Lipinski definition) is 3. The average Bonchev–Trinajstić information content (AvgIpc) is 3.01. The smallest absolute Gasteiger partial charge is 0.274 e. The Bertz CT molecular complexity index is 616. The molecule has 0 radical (unpaired) electrons. The summed E-state index contributed by atoms with van der Waals surface area (Å²) in [7, 11) is 0. The van der Waals surface area contributed by atoms with Crippen LogP contribution in [0.3, 0.4) is 0 Å². The van der Waals surface area contributed by atoms with Gasteiger partial charge in [-0.1, -0.05) is 6.92 Å². The minimum atomic E-state index is -0.322. The zero-order chi connectivity index (χ0) is 16.1. The van der Waals surface area contributed by atoms with E-state index >= 15 is 0 Å². The first kappa shape index (κ1) is 16.3. The lowest BCUT2D eigenvalue weighted by Gasteiger charge is -2.18. The van der Waals surface area contributed by atoms with Crippen LogP contribution < -0.4 is 10.9 Å². The van der Waals surface area contributed by atoms with Crippen molar-refractivity contribution in [3.05, 3.63) is 28.2 Å². The van der Waals surface area contributed by atoms with E-state index in [1.807, 2.05) is 6.92 Å². The number of rotatable bonds is 5. The summed E-state index contributed by atoms with van der Waals surface area (Å²) in [6.45, 7) is 5.25. The lowest BCUT2D eigenvalue weighted by atomic mass is 10.3. The summed E-state index contributed by atoms with van der Waals surface area (Å²) in [5, 5.41) is 2.62. The number of aryl methyl sites for hydroxylation is 1. The maximum atomic E-state index is 12.5. The van der Waals surface area contributed by atoms with Crippen LogP contribution in [0.25, 0.3) is 0 Å². The molecule has 120 valence electrons. The van der Waals surface area contributed by atoms with Crippen LogP contribution in [0.2, 0.25) is 0 Å². The average molecular weight is 305 g/mol. The van der Waals surface area contributed by atoms with E-state index in [0.717, 1.165) is 32.4 Å². The molecule has 6 nitrogen and oxygen atoms in total. The first-order valence-corrected chi connectivity index (χ1v) is 7.81. The maximum absolute atomic E-state index is 12.5. The topological polar surface area (TPSA) is 71.4 Å². The highest BCUT2D eigenvalue weighted by Crippen LogP contribution is 2.10. The Hall–Kier alpha value is -2.11. The van der Waals surface area contributed by atoms with Gasteiger partial charge >= 0.3 is 0 Å². The van der Waals surface area contributed by atoms with Gasteiger partial charge in [-0.05, 0) is 38.3 Å². The van der Waals surface area contributed by atoms with Crippen LogP contribution in [0, 0.1) is 6.92 Å². The molecule has 6 heteroatoms. The highest BCUT2D eigenvalue weighted by molar-refractivity contribution is 5.90. The maximum Gasteiger partial charge on any atom is 0.274 e. The van der Waals surface area contributed by atoms with Gasteiger partial charge in [-0.25, -0.2) is 0 Å². The molecule has 0 unspecified atom stereocenters. The predicted octanol–water partition coefficient (Wildman–Crippen LogP) is 1.52. The van der Waals surface area contributed by atoms with Gasteiger partial charge in [-0.15, -0.1) is 0 Å². The Labute approximate surface area is 130 Å². The number of nitrogens with one attached hydrogen (secondary N) is 1. The van der Waals surface area contributed by atoms with Gasteiger partial charge in [-0.2, -0.15) is 0 Å². The molecule has 0 aliphatic carbocycles. The summed E-state index contributed by atoms with van der Waals surface area (Å²) >= 11 is 0. The number of pyridine rings is 1. The highest BCUT2D eigenvalue weighted by atomic mass is 16.2. The fraction of sp³-hybridized carbons (Fsp3) is 0.562. The second-order valence-corrected chi connectivity index (χ2v) is 5.67. The summed E-state index contributed by atoms with van der Waals surface area (Å²) in [6.07, 6.45) is 3.14. The third-order valence-electron chi connectivity index (χ3n) is 3.90. The molecule has 0 spiro atoms. The third-order valence-corrected chi connectivity index (χ3v) is 3.90. The third kappa shape index (κ3) is 3.75. The van der Waals surface area contributed by atoms with Crippen LogP contribution in [0.5, 0.6) is 0 Å². The summed E-state index contributed by atoms with van der Waals surface area (Å²) in [5.74, 6) is -0.222. The number of aromatic nitrogens is 1. The van der Waals surface area contributed by atoms with Gasteiger partial charge in [0.1, 0.15) is 12.2 Å². The summed E-state index contributed by atoms with van der Waals surface area (Å²) in [6, 6.07) is 3.35. The standard InChI is InChI=1S/C16H23N3O3/c1-3-6-14(20)17-13-8-7-12(2)19(16(13)22)11-15(21)18-9-4-5-10-18/h7-8H,3-6,9-11H2,1-2H3,(H,17,20). The summed E-state index contributed by atoms with van der Waals surface area (Å²) in [4.78, 5) is 38.1. The van der Waals surface area contributed by atoms with Crippen molar-refractivity contribution in [2.45, 2.75) is 46.1 Å². The van der Waals surface area contributed by atoms with E-state index in [1.165, 1.54) is 4.57 Å². The Balaban J connectivity index is 2.18. The Morgan fingerprint density at radius 3 is 2.55 bits per heavy atom. The molecule has 0 bridgehead atoms. The molecule has 0 saturated carbocycles. The minimum absolute atomic E-state index is 0.0299. The molecule has 1 N–H and O–H groups in total. The first-order valence-electron chi connectivity index (χ1n) is 7.81. The molecular formula is C16H23N3O3. The van der Waals surface area contributed by atoms with Crippen molar-refractivity contribution >= 4 is 17.5 Å². The van der Waals surface area contributed by atoms with Gasteiger partial charge in [-0.3, -0.25) is 14.4 Å².